The summed E-state index contributed by atoms with van der Waals surface area (Å²) >= 11 is 0. The molecule has 1 aliphatic heterocycles. The highest BCUT2D eigenvalue weighted by Crippen LogP contribution is 2.37. The lowest BCUT2D eigenvalue weighted by molar-refractivity contribution is 0.138. The molecule has 1 aliphatic carbocycles. The summed E-state index contributed by atoms with van der Waals surface area (Å²) in [6.45, 7) is 1.47. The summed E-state index contributed by atoms with van der Waals surface area (Å²) in [5.41, 5.74) is 0.455. The predicted octanol–water partition coefficient (Wildman–Crippen LogP) is 3.65. The van der Waals surface area contributed by atoms with Crippen molar-refractivity contribution in [2.45, 2.75) is 38.1 Å². The number of amides is 2. The third kappa shape index (κ3) is 3.80. The maximum Gasteiger partial charge on any atom is 0.322 e. The molecule has 132 valence electrons. The van der Waals surface area contributed by atoms with Crippen molar-refractivity contribution in [3.8, 4) is 5.75 Å². The summed E-state index contributed by atoms with van der Waals surface area (Å²) in [6, 6.07) is 4.73. The summed E-state index contributed by atoms with van der Waals surface area (Å²) in [5, 5.41) is 2.83. The number of fused-ring (bicyclic) bond motifs is 1. The highest BCUT2D eigenvalue weighted by atomic mass is 19.1. The van der Waals surface area contributed by atoms with E-state index >= 15 is 0 Å². The van der Waals surface area contributed by atoms with Gasteiger partial charge >= 0.3 is 6.03 Å². The summed E-state index contributed by atoms with van der Waals surface area (Å²) in [5.74, 6) is 0.318. The molecular weight excluding hydrogens is 311 g/mol. The van der Waals surface area contributed by atoms with Crippen molar-refractivity contribution >= 4 is 11.7 Å². The normalized spacial score (nSPS) is 23.0. The molecular formula is C18H25FN2O3. The molecule has 0 bridgehead atoms. The predicted molar refractivity (Wildman–Crippen MR) is 89.9 cm³/mol. The van der Waals surface area contributed by atoms with Crippen LogP contribution in [0.2, 0.25) is 0 Å². The van der Waals surface area contributed by atoms with Crippen LogP contribution in [0.3, 0.4) is 0 Å². The van der Waals surface area contributed by atoms with Crippen molar-refractivity contribution in [1.29, 1.82) is 0 Å². The van der Waals surface area contributed by atoms with Crippen LogP contribution < -0.4 is 10.1 Å². The molecule has 3 rings (SSSR count). The number of anilines is 1. The van der Waals surface area contributed by atoms with E-state index in [4.69, 9.17) is 9.47 Å². The van der Waals surface area contributed by atoms with E-state index in [-0.39, 0.29) is 18.4 Å². The van der Waals surface area contributed by atoms with Crippen molar-refractivity contribution in [2.24, 2.45) is 5.92 Å². The number of methoxy groups -OCH3 is 1. The summed E-state index contributed by atoms with van der Waals surface area (Å²) in [7, 11) is 1.56. The number of benzene rings is 1. The Morgan fingerprint density at radius 2 is 2.12 bits per heavy atom. The average molecular weight is 336 g/mol. The van der Waals surface area contributed by atoms with Crippen LogP contribution in [0.5, 0.6) is 5.75 Å². The lowest BCUT2D eigenvalue weighted by atomic mass is 9.92. The third-order valence-electron chi connectivity index (χ3n) is 4.98. The average Bonchev–Trinajstić information content (AvgIpc) is 3.05. The Labute approximate surface area is 142 Å². The van der Waals surface area contributed by atoms with Crippen molar-refractivity contribution < 1.29 is 18.7 Å². The van der Waals surface area contributed by atoms with Crippen LogP contribution in [0.15, 0.2) is 18.2 Å². The van der Waals surface area contributed by atoms with Gasteiger partial charge in [-0.3, -0.25) is 0 Å². The monoisotopic (exact) mass is 336 g/mol. The summed E-state index contributed by atoms with van der Waals surface area (Å²) < 4.78 is 24.2. The molecule has 0 radical (unpaired) electrons. The fraction of sp³-hybridized carbons (Fsp3) is 0.611. The maximum atomic E-state index is 14.1. The summed E-state index contributed by atoms with van der Waals surface area (Å²) in [4.78, 5) is 14.5. The number of nitrogens with zero attached hydrogens (tertiary/aromatic N) is 1. The summed E-state index contributed by atoms with van der Waals surface area (Å²) in [6.07, 6.45) is 5.77. The third-order valence-corrected chi connectivity index (χ3v) is 4.98. The molecule has 1 saturated heterocycles. The molecule has 0 aromatic heterocycles. The van der Waals surface area contributed by atoms with Crippen LogP contribution in [-0.4, -0.2) is 43.8 Å². The van der Waals surface area contributed by atoms with E-state index in [1.807, 2.05) is 4.90 Å². The lowest BCUT2D eigenvalue weighted by Crippen LogP contribution is -2.48. The van der Waals surface area contributed by atoms with Gasteiger partial charge in [0.1, 0.15) is 6.61 Å². The number of hydrogen-bond acceptors (Lipinski definition) is 3. The van der Waals surface area contributed by atoms with Gasteiger partial charge in [-0.1, -0.05) is 6.42 Å². The van der Waals surface area contributed by atoms with Gasteiger partial charge in [0, 0.05) is 31.5 Å². The van der Waals surface area contributed by atoms with Crippen LogP contribution in [-0.2, 0) is 4.74 Å². The van der Waals surface area contributed by atoms with E-state index in [2.05, 4.69) is 5.32 Å². The molecule has 2 atom stereocenters. The molecule has 5 nitrogen and oxygen atoms in total. The van der Waals surface area contributed by atoms with Crippen LogP contribution in [0.4, 0.5) is 14.9 Å². The van der Waals surface area contributed by atoms with Gasteiger partial charge in [0.05, 0.1) is 6.61 Å². The number of piperidine rings is 1. The largest absolute Gasteiger partial charge is 0.488 e. The molecule has 6 heteroatoms. The Morgan fingerprint density at radius 1 is 1.29 bits per heavy atom. The maximum absolute atomic E-state index is 14.1. The van der Waals surface area contributed by atoms with Crippen molar-refractivity contribution in [3.05, 3.63) is 24.0 Å². The molecule has 0 spiro atoms. The fourth-order valence-corrected chi connectivity index (χ4v) is 3.83. The Bertz CT molecular complexity index is 581. The van der Waals surface area contributed by atoms with E-state index in [1.54, 1.807) is 13.2 Å². The first-order chi connectivity index (χ1) is 11.7. The molecule has 1 aromatic rings. The molecule has 24 heavy (non-hydrogen) atoms. The number of carbonyl (C=O) groups excluding carboxylic acids is 1. The second-order valence-corrected chi connectivity index (χ2v) is 6.51. The number of carbonyl (C=O) groups is 1. The highest BCUT2D eigenvalue weighted by Gasteiger charge is 2.37. The van der Waals surface area contributed by atoms with Crippen molar-refractivity contribution in [3.63, 3.8) is 0 Å². The lowest BCUT2D eigenvalue weighted by Gasteiger charge is -2.37. The van der Waals surface area contributed by atoms with Gasteiger partial charge in [-0.25, -0.2) is 9.18 Å². The SMILES string of the molecule is COCCOc1ccc(NC(=O)N2CCC[C@H]3CCC[C@H]32)cc1F. The number of halogens is 1. The Kier molecular flexibility index (Phi) is 5.56. The zero-order valence-electron chi connectivity index (χ0n) is 14.1. The Hall–Kier alpha value is -1.82. The molecule has 1 N–H and O–H groups in total. The van der Waals surface area contributed by atoms with E-state index < -0.39 is 5.82 Å². The van der Waals surface area contributed by atoms with E-state index in [0.717, 1.165) is 19.4 Å². The van der Waals surface area contributed by atoms with Gasteiger partial charge in [0.2, 0.25) is 0 Å². The van der Waals surface area contributed by atoms with Crippen LogP contribution in [0.25, 0.3) is 0 Å². The van der Waals surface area contributed by atoms with Gasteiger partial charge in [0.25, 0.3) is 0 Å². The standard InChI is InChI=1S/C18H25FN2O3/c1-23-10-11-24-17-8-7-14(12-15(17)19)20-18(22)21-9-3-5-13-4-2-6-16(13)21/h7-8,12-13,16H,2-6,9-11H2,1H3,(H,20,22)/t13-,16-/m1/s1. The van der Waals surface area contributed by atoms with Crippen LogP contribution >= 0.6 is 0 Å². The molecule has 2 amide bonds. The zero-order chi connectivity index (χ0) is 16.9. The number of hydrogen-bond donors (Lipinski definition) is 1. The minimum absolute atomic E-state index is 0.126. The highest BCUT2D eigenvalue weighted by molar-refractivity contribution is 5.89. The smallest absolute Gasteiger partial charge is 0.322 e. The van der Waals surface area contributed by atoms with Crippen molar-refractivity contribution in [2.75, 3.05) is 32.2 Å². The van der Waals surface area contributed by atoms with Gasteiger partial charge in [0.15, 0.2) is 11.6 Å². The molecule has 1 saturated carbocycles. The van der Waals surface area contributed by atoms with Crippen LogP contribution in [0, 0.1) is 11.7 Å². The number of rotatable bonds is 5. The minimum atomic E-state index is -0.485. The van der Waals surface area contributed by atoms with Gasteiger partial charge in [-0.05, 0) is 43.7 Å². The Morgan fingerprint density at radius 3 is 2.92 bits per heavy atom. The topological polar surface area (TPSA) is 50.8 Å². The van der Waals surface area contributed by atoms with Gasteiger partial charge in [-0.15, -0.1) is 0 Å². The second kappa shape index (κ2) is 7.83. The fourth-order valence-electron chi connectivity index (χ4n) is 3.83. The number of likely N-dealkylation sites (tertiary alicyclic amines) is 1. The van der Waals surface area contributed by atoms with Gasteiger partial charge < -0.3 is 19.7 Å². The number of urea groups is 1. The number of nitrogens with one attached hydrogen (secondary N) is 1. The first-order valence-electron chi connectivity index (χ1n) is 8.68. The van der Waals surface area contributed by atoms with Crippen LogP contribution in [0.1, 0.15) is 32.1 Å². The first kappa shape index (κ1) is 17.0. The van der Waals surface area contributed by atoms with E-state index in [1.165, 1.54) is 31.4 Å². The first-order valence-corrected chi connectivity index (χ1v) is 8.68. The van der Waals surface area contributed by atoms with Crippen molar-refractivity contribution in [1.82, 2.24) is 4.90 Å². The van der Waals surface area contributed by atoms with E-state index in [0.29, 0.717) is 24.3 Å². The zero-order valence-corrected chi connectivity index (χ0v) is 14.1. The molecule has 0 unspecified atom stereocenters. The second-order valence-electron chi connectivity index (χ2n) is 6.51. The number of ether oxygens (including phenoxy) is 2. The molecule has 2 fully saturated rings. The van der Waals surface area contributed by atoms with Gasteiger partial charge in [-0.2, -0.15) is 0 Å². The molecule has 1 heterocycles. The quantitative estimate of drug-likeness (QED) is 0.835. The van der Waals surface area contributed by atoms with E-state index in [9.17, 15) is 9.18 Å². The molecule has 1 aromatic carbocycles. The minimum Gasteiger partial charge on any atom is -0.488 e. The molecule has 2 aliphatic rings. The Balaban J connectivity index is 1.60.